The predicted octanol–water partition coefficient (Wildman–Crippen LogP) is 4.69. The molecule has 1 saturated carbocycles. The van der Waals surface area contributed by atoms with Gasteiger partial charge in [-0.3, -0.25) is 4.79 Å². The van der Waals surface area contributed by atoms with Crippen molar-refractivity contribution in [1.82, 2.24) is 0 Å². The molecule has 3 rings (SSSR count). The molecule has 1 fully saturated rings. The van der Waals surface area contributed by atoms with E-state index in [1.54, 1.807) is 0 Å². The zero-order chi connectivity index (χ0) is 19.7. The fraction of sp³-hybridized carbons (Fsp3) is 0.417. The van der Waals surface area contributed by atoms with E-state index in [1.807, 2.05) is 60.7 Å². The van der Waals surface area contributed by atoms with E-state index in [0.717, 1.165) is 24.0 Å². The number of nitriles is 1. The van der Waals surface area contributed by atoms with Crippen molar-refractivity contribution in [1.29, 1.82) is 5.26 Å². The van der Waals surface area contributed by atoms with Crippen LogP contribution in [0.4, 0.5) is 0 Å². The van der Waals surface area contributed by atoms with Crippen LogP contribution >= 0.6 is 0 Å². The van der Waals surface area contributed by atoms with Gasteiger partial charge < -0.3 is 9.47 Å². The van der Waals surface area contributed by atoms with Gasteiger partial charge in [0.05, 0.1) is 32.5 Å². The van der Waals surface area contributed by atoms with Gasteiger partial charge >= 0.3 is 0 Å². The predicted molar refractivity (Wildman–Crippen MR) is 107 cm³/mol. The highest BCUT2D eigenvalue weighted by molar-refractivity contribution is 5.79. The van der Waals surface area contributed by atoms with Crippen LogP contribution in [0.5, 0.6) is 0 Å². The number of carbonyl (C=O) groups is 1. The second-order valence-electron chi connectivity index (χ2n) is 7.56. The molecular weight excluding hydrogens is 350 g/mol. The van der Waals surface area contributed by atoms with Gasteiger partial charge in [-0.05, 0) is 29.9 Å². The Morgan fingerprint density at radius 1 is 0.929 bits per heavy atom. The Morgan fingerprint density at radius 2 is 1.46 bits per heavy atom. The standard InChI is InChI=1S/C24H27NO3/c25-17-24(22-12-7-13-23(26)14-22,18-27-15-20-8-3-1-4-9-20)19-28-16-21-10-5-2-6-11-21/h1-6,8-11,22H,7,12-16,18-19H2. The van der Waals surface area contributed by atoms with Crippen molar-refractivity contribution in [2.24, 2.45) is 11.3 Å². The van der Waals surface area contributed by atoms with Gasteiger partial charge in [-0.2, -0.15) is 5.26 Å². The van der Waals surface area contributed by atoms with E-state index in [-0.39, 0.29) is 24.9 Å². The number of ketones is 1. The first-order chi connectivity index (χ1) is 13.7. The van der Waals surface area contributed by atoms with Gasteiger partial charge in [-0.15, -0.1) is 0 Å². The molecule has 1 aliphatic rings. The van der Waals surface area contributed by atoms with Crippen molar-refractivity contribution in [2.45, 2.75) is 38.9 Å². The molecule has 0 saturated heterocycles. The lowest BCUT2D eigenvalue weighted by Crippen LogP contribution is -2.41. The Balaban J connectivity index is 1.66. The summed E-state index contributed by atoms with van der Waals surface area (Å²) < 4.78 is 11.9. The fourth-order valence-electron chi connectivity index (χ4n) is 3.78. The van der Waals surface area contributed by atoms with Crippen LogP contribution in [0.15, 0.2) is 60.7 Å². The van der Waals surface area contributed by atoms with Crippen LogP contribution in [0, 0.1) is 22.7 Å². The van der Waals surface area contributed by atoms with E-state index in [4.69, 9.17) is 9.47 Å². The molecule has 1 aliphatic carbocycles. The van der Waals surface area contributed by atoms with Crippen LogP contribution in [-0.2, 0) is 27.5 Å². The van der Waals surface area contributed by atoms with Gasteiger partial charge in [0.2, 0.25) is 0 Å². The minimum Gasteiger partial charge on any atom is -0.375 e. The lowest BCUT2D eigenvalue weighted by Gasteiger charge is -2.36. The molecule has 0 bridgehead atoms. The van der Waals surface area contributed by atoms with E-state index in [2.05, 4.69) is 6.07 Å². The molecule has 1 unspecified atom stereocenters. The Hall–Kier alpha value is -2.48. The van der Waals surface area contributed by atoms with E-state index < -0.39 is 5.41 Å². The number of hydrogen-bond donors (Lipinski definition) is 0. The van der Waals surface area contributed by atoms with Crippen LogP contribution in [-0.4, -0.2) is 19.0 Å². The summed E-state index contributed by atoms with van der Waals surface area (Å²) >= 11 is 0. The SMILES string of the molecule is N#CC(COCc1ccccc1)(COCc1ccccc1)C1CCCC(=O)C1. The number of carbonyl (C=O) groups excluding carboxylic acids is 1. The minimum absolute atomic E-state index is 0.0229. The minimum atomic E-state index is -0.806. The summed E-state index contributed by atoms with van der Waals surface area (Å²) in [6.07, 6.45) is 2.76. The number of nitrogens with zero attached hydrogens (tertiary/aromatic N) is 1. The van der Waals surface area contributed by atoms with Crippen LogP contribution in [0.25, 0.3) is 0 Å². The Labute approximate surface area is 167 Å². The average Bonchev–Trinajstić information content (AvgIpc) is 2.74. The first kappa shape index (κ1) is 20.3. The third-order valence-electron chi connectivity index (χ3n) is 5.43. The molecule has 0 spiro atoms. The molecule has 0 heterocycles. The maximum Gasteiger partial charge on any atom is 0.133 e. The normalized spacial score (nSPS) is 17.2. The van der Waals surface area contributed by atoms with E-state index in [1.165, 1.54) is 0 Å². The molecule has 146 valence electrons. The topological polar surface area (TPSA) is 59.3 Å². The van der Waals surface area contributed by atoms with Gasteiger partial charge in [-0.25, -0.2) is 0 Å². The molecule has 0 aromatic heterocycles. The van der Waals surface area contributed by atoms with Crippen molar-refractivity contribution in [3.63, 3.8) is 0 Å². The first-order valence-electron chi connectivity index (χ1n) is 9.88. The molecule has 2 aromatic carbocycles. The van der Waals surface area contributed by atoms with Crippen molar-refractivity contribution in [2.75, 3.05) is 13.2 Å². The molecule has 4 heteroatoms. The Kier molecular flexibility index (Phi) is 7.36. The second kappa shape index (κ2) is 10.2. The first-order valence-corrected chi connectivity index (χ1v) is 9.88. The van der Waals surface area contributed by atoms with Crippen LogP contribution in [0.2, 0.25) is 0 Å². The largest absolute Gasteiger partial charge is 0.375 e. The van der Waals surface area contributed by atoms with Crippen molar-refractivity contribution < 1.29 is 14.3 Å². The summed E-state index contributed by atoms with van der Waals surface area (Å²) in [5.41, 5.74) is 1.33. The summed E-state index contributed by atoms with van der Waals surface area (Å²) in [7, 11) is 0. The van der Waals surface area contributed by atoms with Gasteiger partial charge in [0.1, 0.15) is 11.2 Å². The zero-order valence-corrected chi connectivity index (χ0v) is 16.2. The van der Waals surface area contributed by atoms with Gasteiger partial charge in [-0.1, -0.05) is 60.7 Å². The van der Waals surface area contributed by atoms with Gasteiger partial charge in [0, 0.05) is 12.8 Å². The highest BCUT2D eigenvalue weighted by Crippen LogP contribution is 2.38. The number of benzene rings is 2. The summed E-state index contributed by atoms with van der Waals surface area (Å²) in [6, 6.07) is 22.3. The molecular formula is C24H27NO3. The number of ether oxygens (including phenoxy) is 2. The molecule has 0 aliphatic heterocycles. The van der Waals surface area contributed by atoms with Crippen molar-refractivity contribution in [3.8, 4) is 6.07 Å². The molecule has 1 atom stereocenters. The lowest BCUT2D eigenvalue weighted by atomic mass is 9.70. The number of hydrogen-bond acceptors (Lipinski definition) is 4. The van der Waals surface area contributed by atoms with Crippen LogP contribution in [0.3, 0.4) is 0 Å². The fourth-order valence-corrected chi connectivity index (χ4v) is 3.78. The molecule has 4 nitrogen and oxygen atoms in total. The summed E-state index contributed by atoms with van der Waals surface area (Å²) in [5.74, 6) is 0.215. The summed E-state index contributed by atoms with van der Waals surface area (Å²) in [5, 5.41) is 10.1. The zero-order valence-electron chi connectivity index (χ0n) is 16.2. The van der Waals surface area contributed by atoms with Crippen LogP contribution in [0.1, 0.15) is 36.8 Å². The monoisotopic (exact) mass is 377 g/mol. The average molecular weight is 377 g/mol. The van der Waals surface area contributed by atoms with E-state index in [9.17, 15) is 10.1 Å². The highest BCUT2D eigenvalue weighted by Gasteiger charge is 2.42. The van der Waals surface area contributed by atoms with Crippen molar-refractivity contribution in [3.05, 3.63) is 71.8 Å². The quantitative estimate of drug-likeness (QED) is 0.636. The molecule has 0 amide bonds. The highest BCUT2D eigenvalue weighted by atomic mass is 16.5. The number of Topliss-reactive ketones (excluding diaryl/α,β-unsaturated/α-hetero) is 1. The van der Waals surface area contributed by atoms with Crippen LogP contribution < -0.4 is 0 Å². The number of rotatable bonds is 9. The molecule has 0 N–H and O–H groups in total. The van der Waals surface area contributed by atoms with Crippen molar-refractivity contribution >= 4 is 5.78 Å². The van der Waals surface area contributed by atoms with Gasteiger partial charge in [0.15, 0.2) is 0 Å². The summed E-state index contributed by atoms with van der Waals surface area (Å²) in [6.45, 7) is 1.43. The molecule has 28 heavy (non-hydrogen) atoms. The smallest absolute Gasteiger partial charge is 0.133 e. The van der Waals surface area contributed by atoms with E-state index >= 15 is 0 Å². The lowest BCUT2D eigenvalue weighted by molar-refractivity contribution is -0.124. The van der Waals surface area contributed by atoms with Gasteiger partial charge in [0.25, 0.3) is 0 Å². The maximum absolute atomic E-state index is 12.0. The third kappa shape index (κ3) is 5.51. The Morgan fingerprint density at radius 3 is 1.93 bits per heavy atom. The molecule has 2 aromatic rings. The Bertz CT molecular complexity index is 737. The second-order valence-corrected chi connectivity index (χ2v) is 7.56. The molecule has 0 radical (unpaired) electrons. The van der Waals surface area contributed by atoms with E-state index in [0.29, 0.717) is 26.1 Å². The third-order valence-corrected chi connectivity index (χ3v) is 5.43. The maximum atomic E-state index is 12.0. The summed E-state index contributed by atoms with van der Waals surface area (Å²) in [4.78, 5) is 12.0.